The lowest BCUT2D eigenvalue weighted by Gasteiger charge is -2.14. The molecule has 1 aliphatic heterocycles. The largest absolute Gasteiger partial charge is 0.326 e. The summed E-state index contributed by atoms with van der Waals surface area (Å²) in [4.78, 5) is 42.2. The van der Waals surface area contributed by atoms with Gasteiger partial charge in [0.15, 0.2) is 5.13 Å². The Morgan fingerprint density at radius 1 is 1.39 bits per heavy atom. The van der Waals surface area contributed by atoms with E-state index in [-0.39, 0.29) is 42.8 Å². The van der Waals surface area contributed by atoms with Crippen molar-refractivity contribution in [2.24, 2.45) is 0 Å². The molecule has 2 heterocycles. The zero-order chi connectivity index (χ0) is 17.2. The van der Waals surface area contributed by atoms with Crippen molar-refractivity contribution in [3.05, 3.63) is 11.1 Å². The highest BCUT2D eigenvalue weighted by molar-refractivity contribution is 7.13. The fraction of sp³-hybridized carbons (Fsp3) is 0.600. The number of amides is 4. The smallest absolute Gasteiger partial charge is 0.318 e. The number of likely N-dealkylation sites (N-methyl/N-ethyl adjacent to an activating group) is 1. The van der Waals surface area contributed by atoms with E-state index in [9.17, 15) is 14.4 Å². The van der Waals surface area contributed by atoms with Crippen LogP contribution in [0.3, 0.4) is 0 Å². The van der Waals surface area contributed by atoms with Crippen LogP contribution in [0, 0.1) is 0 Å². The third-order valence-corrected chi connectivity index (χ3v) is 4.29. The minimum atomic E-state index is -0.301. The van der Waals surface area contributed by atoms with Crippen LogP contribution in [-0.4, -0.2) is 52.8 Å². The Morgan fingerprint density at radius 3 is 2.61 bits per heavy atom. The molecule has 1 N–H and O–H groups in total. The fourth-order valence-corrected chi connectivity index (χ4v) is 3.10. The van der Waals surface area contributed by atoms with Crippen molar-refractivity contribution in [3.63, 3.8) is 0 Å². The maximum atomic E-state index is 11.9. The average molecular weight is 338 g/mol. The molecule has 2 rings (SSSR count). The van der Waals surface area contributed by atoms with Crippen LogP contribution in [0.15, 0.2) is 5.38 Å². The summed E-state index contributed by atoms with van der Waals surface area (Å²) < 4.78 is 0. The van der Waals surface area contributed by atoms with Crippen molar-refractivity contribution in [2.45, 2.75) is 39.0 Å². The molecule has 0 saturated carbocycles. The molecule has 1 aromatic rings. The number of nitrogens with zero attached hydrogens (tertiary/aromatic N) is 3. The maximum Gasteiger partial charge on any atom is 0.326 e. The van der Waals surface area contributed by atoms with Crippen molar-refractivity contribution in [1.29, 1.82) is 0 Å². The van der Waals surface area contributed by atoms with Gasteiger partial charge in [-0.05, 0) is 6.42 Å². The zero-order valence-corrected chi connectivity index (χ0v) is 14.7. The molecule has 0 spiro atoms. The number of nitrogens with one attached hydrogen (secondary N) is 1. The van der Waals surface area contributed by atoms with Gasteiger partial charge in [-0.3, -0.25) is 14.5 Å². The number of hydrogen-bond donors (Lipinski definition) is 1. The number of thiazole rings is 1. The van der Waals surface area contributed by atoms with E-state index in [0.717, 1.165) is 5.69 Å². The van der Waals surface area contributed by atoms with Gasteiger partial charge in [0.1, 0.15) is 6.54 Å². The minimum Gasteiger partial charge on any atom is -0.318 e. The minimum absolute atomic E-state index is 0.0536. The highest BCUT2D eigenvalue weighted by Crippen LogP contribution is 2.26. The van der Waals surface area contributed by atoms with Gasteiger partial charge in [-0.2, -0.15) is 0 Å². The lowest BCUT2D eigenvalue weighted by Crippen LogP contribution is -2.32. The van der Waals surface area contributed by atoms with E-state index in [1.54, 1.807) is 7.05 Å². The van der Waals surface area contributed by atoms with E-state index in [1.165, 1.54) is 21.1 Å². The number of carbonyl (C=O) groups excluding carboxylic acids is 3. The van der Waals surface area contributed by atoms with E-state index in [4.69, 9.17) is 0 Å². The molecule has 1 saturated heterocycles. The van der Waals surface area contributed by atoms with Crippen molar-refractivity contribution in [3.8, 4) is 0 Å². The Kier molecular flexibility index (Phi) is 5.03. The summed E-state index contributed by atoms with van der Waals surface area (Å²) in [6, 6.07) is -0.301. The van der Waals surface area contributed by atoms with E-state index in [0.29, 0.717) is 11.6 Å². The number of imide groups is 1. The standard InChI is InChI=1S/C15H22N4O3S/c1-15(2,3)10-9-23-13(16-10)17-11(20)6-5-7-19-12(21)8-18(4)14(19)22/h9H,5-8H2,1-4H3,(H,16,17,20). The molecule has 1 aliphatic rings. The number of rotatable bonds is 5. The predicted molar refractivity (Wildman–Crippen MR) is 88.4 cm³/mol. The lowest BCUT2D eigenvalue weighted by molar-refractivity contribution is -0.125. The molecule has 0 bridgehead atoms. The summed E-state index contributed by atoms with van der Waals surface area (Å²) in [5.74, 6) is -0.375. The fourth-order valence-electron chi connectivity index (χ4n) is 2.14. The summed E-state index contributed by atoms with van der Waals surface area (Å²) in [7, 11) is 1.59. The molecule has 8 heteroatoms. The average Bonchev–Trinajstić information content (AvgIpc) is 2.99. The third-order valence-electron chi connectivity index (χ3n) is 3.54. The van der Waals surface area contributed by atoms with E-state index >= 15 is 0 Å². The number of urea groups is 1. The van der Waals surface area contributed by atoms with Gasteiger partial charge in [0.25, 0.3) is 0 Å². The third kappa shape index (κ3) is 4.28. The van der Waals surface area contributed by atoms with Crippen LogP contribution >= 0.6 is 11.3 Å². The molecule has 0 unspecified atom stereocenters. The van der Waals surface area contributed by atoms with Crippen molar-refractivity contribution >= 4 is 34.3 Å². The molecule has 23 heavy (non-hydrogen) atoms. The van der Waals surface area contributed by atoms with Crippen molar-refractivity contribution < 1.29 is 14.4 Å². The first-order valence-electron chi connectivity index (χ1n) is 7.50. The van der Waals surface area contributed by atoms with Gasteiger partial charge in [0, 0.05) is 30.8 Å². The molecule has 1 fully saturated rings. The van der Waals surface area contributed by atoms with Crippen LogP contribution in [0.2, 0.25) is 0 Å². The van der Waals surface area contributed by atoms with E-state index in [2.05, 4.69) is 31.1 Å². The normalized spacial score (nSPS) is 15.5. The summed E-state index contributed by atoms with van der Waals surface area (Å²) in [5, 5.41) is 5.28. The molecule has 4 amide bonds. The van der Waals surface area contributed by atoms with Crippen LogP contribution < -0.4 is 5.32 Å². The van der Waals surface area contributed by atoms with Crippen molar-refractivity contribution in [1.82, 2.24) is 14.8 Å². The van der Waals surface area contributed by atoms with Gasteiger partial charge >= 0.3 is 6.03 Å². The first-order valence-corrected chi connectivity index (χ1v) is 8.38. The highest BCUT2D eigenvalue weighted by atomic mass is 32.1. The van der Waals surface area contributed by atoms with Gasteiger partial charge in [-0.1, -0.05) is 20.8 Å². The van der Waals surface area contributed by atoms with Gasteiger partial charge in [-0.25, -0.2) is 9.78 Å². The van der Waals surface area contributed by atoms with Crippen LogP contribution in [-0.2, 0) is 15.0 Å². The van der Waals surface area contributed by atoms with Gasteiger partial charge < -0.3 is 10.2 Å². The van der Waals surface area contributed by atoms with E-state index in [1.807, 2.05) is 5.38 Å². The van der Waals surface area contributed by atoms with Crippen molar-refractivity contribution in [2.75, 3.05) is 25.5 Å². The first kappa shape index (κ1) is 17.4. The Morgan fingerprint density at radius 2 is 2.09 bits per heavy atom. The second kappa shape index (κ2) is 6.66. The predicted octanol–water partition coefficient (Wildman–Crippen LogP) is 2.05. The Balaban J connectivity index is 1.79. The molecular formula is C15H22N4O3S. The second-order valence-electron chi connectivity index (χ2n) is 6.62. The van der Waals surface area contributed by atoms with Gasteiger partial charge in [0.05, 0.1) is 5.69 Å². The SMILES string of the molecule is CN1CC(=O)N(CCCC(=O)Nc2nc(C(C)(C)C)cs2)C1=O. The van der Waals surface area contributed by atoms with Crippen LogP contribution in [0.4, 0.5) is 9.93 Å². The summed E-state index contributed by atoms with van der Waals surface area (Å²) in [5.41, 5.74) is 0.885. The molecule has 1 aromatic heterocycles. The Hall–Kier alpha value is -1.96. The van der Waals surface area contributed by atoms with Crippen LogP contribution in [0.1, 0.15) is 39.3 Å². The molecule has 0 aliphatic carbocycles. The topological polar surface area (TPSA) is 82.6 Å². The number of carbonyl (C=O) groups is 3. The zero-order valence-electron chi connectivity index (χ0n) is 13.9. The number of aromatic nitrogens is 1. The molecule has 0 atom stereocenters. The Bertz CT molecular complexity index is 620. The van der Waals surface area contributed by atoms with Gasteiger partial charge in [0.2, 0.25) is 11.8 Å². The van der Waals surface area contributed by atoms with Crippen LogP contribution in [0.5, 0.6) is 0 Å². The number of anilines is 1. The summed E-state index contributed by atoms with van der Waals surface area (Å²) in [6.45, 7) is 6.57. The van der Waals surface area contributed by atoms with E-state index < -0.39 is 0 Å². The highest BCUT2D eigenvalue weighted by Gasteiger charge is 2.32. The number of hydrogen-bond acceptors (Lipinski definition) is 5. The monoisotopic (exact) mass is 338 g/mol. The lowest BCUT2D eigenvalue weighted by atomic mass is 9.93. The summed E-state index contributed by atoms with van der Waals surface area (Å²) >= 11 is 1.40. The quantitative estimate of drug-likeness (QED) is 0.833. The molecule has 7 nitrogen and oxygen atoms in total. The Labute approximate surface area is 139 Å². The molecule has 0 aromatic carbocycles. The second-order valence-corrected chi connectivity index (χ2v) is 7.48. The maximum absolute atomic E-state index is 11.9. The first-order chi connectivity index (χ1) is 10.7. The van der Waals surface area contributed by atoms with Crippen LogP contribution in [0.25, 0.3) is 0 Å². The molecule has 0 radical (unpaired) electrons. The summed E-state index contributed by atoms with van der Waals surface area (Å²) in [6.07, 6.45) is 0.680. The molecule has 126 valence electrons. The van der Waals surface area contributed by atoms with Gasteiger partial charge in [-0.15, -0.1) is 11.3 Å². The molecular weight excluding hydrogens is 316 g/mol.